The van der Waals surface area contributed by atoms with Gasteiger partial charge >= 0.3 is 6.09 Å². The van der Waals surface area contributed by atoms with E-state index in [2.05, 4.69) is 10.3 Å². The van der Waals surface area contributed by atoms with Gasteiger partial charge in [-0.3, -0.25) is 0 Å². The molecule has 0 aromatic carbocycles. The summed E-state index contributed by atoms with van der Waals surface area (Å²) in [6.45, 7) is 5.48. The molecule has 0 spiro atoms. The van der Waals surface area contributed by atoms with Crippen LogP contribution in [0.3, 0.4) is 0 Å². The van der Waals surface area contributed by atoms with Crippen molar-refractivity contribution < 1.29 is 14.3 Å². The topological polar surface area (TPSA) is 67.8 Å². The Balaban J connectivity index is 1.82. The molecule has 3 rings (SSSR count). The number of aliphatic imine (C=N–C) groups is 1. The summed E-state index contributed by atoms with van der Waals surface area (Å²) in [7, 11) is 0. The molecule has 0 radical (unpaired) electrons. The van der Waals surface area contributed by atoms with Crippen molar-refractivity contribution in [1.82, 2.24) is 5.32 Å². The first-order chi connectivity index (χ1) is 7.28. The van der Waals surface area contributed by atoms with E-state index in [0.717, 1.165) is 19.3 Å². The Morgan fingerprint density at radius 2 is 1.94 bits per heavy atom. The predicted molar refractivity (Wildman–Crippen MR) is 56.8 cm³/mol. The van der Waals surface area contributed by atoms with Gasteiger partial charge in [-0.25, -0.2) is 9.59 Å². The second-order valence-corrected chi connectivity index (χ2v) is 5.86. The first kappa shape index (κ1) is 11.1. The molecule has 5 heteroatoms. The van der Waals surface area contributed by atoms with Gasteiger partial charge in [0.05, 0.1) is 11.1 Å². The lowest BCUT2D eigenvalue weighted by atomic mass is 9.44. The molecule has 3 saturated carbocycles. The second kappa shape index (κ2) is 3.08. The van der Waals surface area contributed by atoms with Crippen LogP contribution in [-0.2, 0) is 9.53 Å². The number of carbonyl (C=O) groups excluding carboxylic acids is 2. The third-order valence-corrected chi connectivity index (χ3v) is 3.05. The van der Waals surface area contributed by atoms with Crippen LogP contribution in [0.4, 0.5) is 4.79 Å². The zero-order valence-corrected chi connectivity index (χ0v) is 9.79. The van der Waals surface area contributed by atoms with Crippen molar-refractivity contribution in [2.45, 2.75) is 56.7 Å². The van der Waals surface area contributed by atoms with Crippen LogP contribution in [0.25, 0.3) is 0 Å². The number of isocyanates is 1. The molecular weight excluding hydrogens is 208 g/mol. The van der Waals surface area contributed by atoms with Crippen LogP contribution in [0.2, 0.25) is 0 Å². The first-order valence-electron chi connectivity index (χ1n) is 5.39. The van der Waals surface area contributed by atoms with Crippen molar-refractivity contribution in [3.8, 4) is 0 Å². The van der Waals surface area contributed by atoms with Gasteiger partial charge in [-0.15, -0.1) is 0 Å². The Hall–Kier alpha value is -1.35. The van der Waals surface area contributed by atoms with Crippen molar-refractivity contribution in [2.24, 2.45) is 4.99 Å². The number of nitrogens with zero attached hydrogens (tertiary/aromatic N) is 1. The lowest BCUT2D eigenvalue weighted by Crippen LogP contribution is -2.78. The van der Waals surface area contributed by atoms with E-state index in [-0.39, 0.29) is 11.1 Å². The highest BCUT2D eigenvalue weighted by atomic mass is 16.6. The lowest BCUT2D eigenvalue weighted by Gasteiger charge is -2.67. The molecule has 2 bridgehead atoms. The number of ether oxygens (including phenoxy) is 1. The maximum absolute atomic E-state index is 11.5. The van der Waals surface area contributed by atoms with E-state index in [9.17, 15) is 9.59 Å². The smallest absolute Gasteiger partial charge is 0.408 e. The minimum atomic E-state index is -0.480. The van der Waals surface area contributed by atoms with Crippen molar-refractivity contribution in [1.29, 1.82) is 0 Å². The van der Waals surface area contributed by atoms with E-state index >= 15 is 0 Å². The maximum atomic E-state index is 11.5. The number of amides is 1. The zero-order valence-electron chi connectivity index (χ0n) is 9.79. The SMILES string of the molecule is CC(C)(C)OC(=O)NC12CC(N=C=O)(C1)C2. The summed E-state index contributed by atoms with van der Waals surface area (Å²) in [6.07, 6.45) is 3.39. The molecule has 0 saturated heterocycles. The van der Waals surface area contributed by atoms with Gasteiger partial charge in [0.15, 0.2) is 0 Å². The van der Waals surface area contributed by atoms with Gasteiger partial charge in [0.25, 0.3) is 0 Å². The molecule has 0 aliphatic heterocycles. The normalized spacial score (nSPS) is 35.2. The monoisotopic (exact) mass is 224 g/mol. The van der Waals surface area contributed by atoms with Crippen LogP contribution in [0, 0.1) is 0 Å². The first-order valence-corrected chi connectivity index (χ1v) is 5.39. The standard InChI is InChI=1S/C11H16N2O3/c1-9(2,3)16-8(15)13-11-4-10(5-11,6-11)12-7-14/h4-6H2,1-3H3,(H,13,15). The van der Waals surface area contributed by atoms with Gasteiger partial charge in [-0.05, 0) is 40.0 Å². The summed E-state index contributed by atoms with van der Waals surface area (Å²) in [5, 5.41) is 2.85. The van der Waals surface area contributed by atoms with Crippen LogP contribution in [0.1, 0.15) is 40.0 Å². The van der Waals surface area contributed by atoms with Gasteiger partial charge in [0, 0.05) is 0 Å². The largest absolute Gasteiger partial charge is 0.444 e. The van der Waals surface area contributed by atoms with Crippen molar-refractivity contribution in [2.75, 3.05) is 0 Å². The fourth-order valence-electron chi connectivity index (χ4n) is 2.60. The van der Waals surface area contributed by atoms with Gasteiger partial charge in [0.1, 0.15) is 5.60 Å². The second-order valence-electron chi connectivity index (χ2n) is 5.86. The summed E-state index contributed by atoms with van der Waals surface area (Å²) in [5.74, 6) is 0. The third kappa shape index (κ3) is 1.83. The average Bonchev–Trinajstić information content (AvgIpc) is 1.94. The van der Waals surface area contributed by atoms with Gasteiger partial charge in [-0.2, -0.15) is 4.99 Å². The number of rotatable bonds is 2. The van der Waals surface area contributed by atoms with Crippen LogP contribution >= 0.6 is 0 Å². The van der Waals surface area contributed by atoms with E-state index < -0.39 is 11.7 Å². The molecule has 0 heterocycles. The Labute approximate surface area is 94.3 Å². The van der Waals surface area contributed by atoms with E-state index in [0.29, 0.717) is 0 Å². The van der Waals surface area contributed by atoms with Crippen LogP contribution in [0.15, 0.2) is 4.99 Å². The molecule has 1 amide bonds. The highest BCUT2D eigenvalue weighted by Crippen LogP contribution is 2.62. The molecule has 1 N–H and O–H groups in total. The molecule has 3 aliphatic rings. The minimum absolute atomic E-state index is 0.178. The fraction of sp³-hybridized carbons (Fsp3) is 0.818. The van der Waals surface area contributed by atoms with Crippen molar-refractivity contribution in [3.05, 3.63) is 0 Å². The zero-order chi connectivity index (χ0) is 12.0. The number of hydrogen-bond acceptors (Lipinski definition) is 4. The average molecular weight is 224 g/mol. The minimum Gasteiger partial charge on any atom is -0.444 e. The van der Waals surface area contributed by atoms with Crippen LogP contribution in [0.5, 0.6) is 0 Å². The van der Waals surface area contributed by atoms with Crippen LogP contribution in [-0.4, -0.2) is 28.9 Å². The molecular formula is C11H16N2O3. The van der Waals surface area contributed by atoms with E-state index in [1.807, 2.05) is 20.8 Å². The highest BCUT2D eigenvalue weighted by molar-refractivity contribution is 5.70. The molecule has 0 aromatic heterocycles. The molecule has 3 aliphatic carbocycles. The van der Waals surface area contributed by atoms with Gasteiger partial charge < -0.3 is 10.1 Å². The number of nitrogens with one attached hydrogen (secondary N) is 1. The Morgan fingerprint density at radius 3 is 2.38 bits per heavy atom. The molecule has 0 aromatic rings. The molecule has 88 valence electrons. The fourth-order valence-corrected chi connectivity index (χ4v) is 2.60. The quantitative estimate of drug-likeness (QED) is 0.571. The Kier molecular flexibility index (Phi) is 2.14. The maximum Gasteiger partial charge on any atom is 0.408 e. The Morgan fingerprint density at radius 1 is 1.38 bits per heavy atom. The molecule has 5 nitrogen and oxygen atoms in total. The van der Waals surface area contributed by atoms with Crippen molar-refractivity contribution >= 4 is 12.2 Å². The summed E-state index contributed by atoms with van der Waals surface area (Å²) >= 11 is 0. The molecule has 0 unspecified atom stereocenters. The third-order valence-electron chi connectivity index (χ3n) is 3.05. The number of hydrogen-bond donors (Lipinski definition) is 1. The predicted octanol–water partition coefficient (Wildman–Crippen LogP) is 1.52. The van der Waals surface area contributed by atoms with Gasteiger partial charge in [-0.1, -0.05) is 0 Å². The highest BCUT2D eigenvalue weighted by Gasteiger charge is 2.69. The molecule has 3 fully saturated rings. The molecule has 0 atom stereocenters. The summed E-state index contributed by atoms with van der Waals surface area (Å²) in [6, 6.07) is 0. The van der Waals surface area contributed by atoms with Gasteiger partial charge in [0.2, 0.25) is 6.08 Å². The summed E-state index contributed by atoms with van der Waals surface area (Å²) in [4.78, 5) is 25.4. The van der Waals surface area contributed by atoms with E-state index in [1.54, 1.807) is 6.08 Å². The molecule has 16 heavy (non-hydrogen) atoms. The van der Waals surface area contributed by atoms with Crippen LogP contribution < -0.4 is 5.32 Å². The summed E-state index contributed by atoms with van der Waals surface area (Å²) in [5.41, 5.74) is -0.883. The van der Waals surface area contributed by atoms with Crippen molar-refractivity contribution in [3.63, 3.8) is 0 Å². The summed E-state index contributed by atoms with van der Waals surface area (Å²) < 4.78 is 5.17. The van der Waals surface area contributed by atoms with E-state index in [1.165, 1.54) is 0 Å². The Bertz CT molecular complexity index is 357. The number of carbonyl (C=O) groups is 1. The van der Waals surface area contributed by atoms with E-state index in [4.69, 9.17) is 4.74 Å². The lowest BCUT2D eigenvalue weighted by molar-refractivity contribution is -0.0775. The number of alkyl carbamates (subject to hydrolysis) is 1.